The number of hydrogen-bond donors (Lipinski definition) is 1. The summed E-state index contributed by atoms with van der Waals surface area (Å²) in [4.78, 5) is 14.9. The summed E-state index contributed by atoms with van der Waals surface area (Å²) in [6, 6.07) is 20.3. The fourth-order valence-corrected chi connectivity index (χ4v) is 5.44. The molecule has 33 heavy (non-hydrogen) atoms. The van der Waals surface area contributed by atoms with Crippen molar-refractivity contribution in [3.8, 4) is 18.2 Å². The molecule has 2 unspecified atom stereocenters. The van der Waals surface area contributed by atoms with Crippen LogP contribution in [0.25, 0.3) is 0 Å². The van der Waals surface area contributed by atoms with Gasteiger partial charge in [0.2, 0.25) is 0 Å². The van der Waals surface area contributed by atoms with E-state index in [1.54, 1.807) is 35.2 Å². The maximum absolute atomic E-state index is 13.2. The van der Waals surface area contributed by atoms with Gasteiger partial charge in [-0.2, -0.15) is 15.8 Å². The average molecular weight is 519 g/mol. The Morgan fingerprint density at radius 3 is 2.52 bits per heavy atom. The molecule has 0 bridgehead atoms. The molecule has 2 atom stereocenters. The summed E-state index contributed by atoms with van der Waals surface area (Å²) in [6.07, 6.45) is 1.80. The first-order valence-electron chi connectivity index (χ1n) is 10.1. The monoisotopic (exact) mass is 517 g/mol. The number of rotatable bonds is 2. The van der Waals surface area contributed by atoms with Gasteiger partial charge in [-0.1, -0.05) is 57.9 Å². The van der Waals surface area contributed by atoms with E-state index in [9.17, 15) is 20.6 Å². The largest absolute Gasteiger partial charge is 0.399 e. The van der Waals surface area contributed by atoms with E-state index >= 15 is 0 Å². The van der Waals surface area contributed by atoms with E-state index in [0.717, 1.165) is 4.47 Å². The van der Waals surface area contributed by atoms with E-state index in [-0.39, 0.29) is 30.3 Å². The fourth-order valence-electron chi connectivity index (χ4n) is 4.72. The Morgan fingerprint density at radius 2 is 1.88 bits per heavy atom. The van der Waals surface area contributed by atoms with Crippen molar-refractivity contribution in [3.63, 3.8) is 0 Å². The summed E-state index contributed by atoms with van der Waals surface area (Å²) in [5.41, 5.74) is 6.48. The Balaban J connectivity index is 1.89. The van der Waals surface area contributed by atoms with E-state index in [1.807, 2.05) is 24.3 Å². The minimum atomic E-state index is -1.76. The molecular weight excluding hydrogens is 502 g/mol. The molecule has 0 saturated carbocycles. The first-order chi connectivity index (χ1) is 15.9. The van der Waals surface area contributed by atoms with Crippen molar-refractivity contribution in [2.75, 3.05) is 13.1 Å². The first-order valence-corrected chi connectivity index (χ1v) is 11.3. The molecule has 1 amide bonds. The van der Waals surface area contributed by atoms with Crippen LogP contribution in [-0.4, -0.2) is 23.9 Å². The molecule has 4 rings (SSSR count). The summed E-state index contributed by atoms with van der Waals surface area (Å²) in [5, 5.41) is 30.7. The number of carbonyl (C=O) groups excluding carboxylic acids is 1. The third-order valence-corrected chi connectivity index (χ3v) is 7.22. The molecule has 1 heterocycles. The normalized spacial score (nSPS) is 21.2. The van der Waals surface area contributed by atoms with Gasteiger partial charge in [0.15, 0.2) is 5.41 Å². The lowest BCUT2D eigenvalue weighted by atomic mass is 9.58. The van der Waals surface area contributed by atoms with Gasteiger partial charge in [-0.3, -0.25) is 4.79 Å². The van der Waals surface area contributed by atoms with Gasteiger partial charge in [-0.05, 0) is 35.4 Å². The molecule has 0 radical (unpaired) electrons. The second-order valence-electron chi connectivity index (χ2n) is 7.92. The highest BCUT2D eigenvalue weighted by molar-refractivity contribution is 9.10. The Morgan fingerprint density at radius 1 is 1.15 bits per heavy atom. The number of benzene rings is 2. The van der Waals surface area contributed by atoms with Gasteiger partial charge >= 0.3 is 0 Å². The molecule has 2 N–H and O–H groups in total. The molecule has 0 fully saturated rings. The predicted molar refractivity (Wildman–Crippen MR) is 126 cm³/mol. The molecule has 0 spiro atoms. The number of fused-ring (bicyclic) bond motifs is 1. The van der Waals surface area contributed by atoms with Crippen molar-refractivity contribution in [3.05, 3.63) is 92.1 Å². The molecule has 0 aromatic heterocycles. The highest BCUT2D eigenvalue weighted by Gasteiger charge is 2.55. The van der Waals surface area contributed by atoms with E-state index in [1.165, 1.54) is 0 Å². The SMILES string of the molecule is N#CC1=C(N)C(C#N)(C#N)C(c2ccccc2Br)C2CN(C(=O)c3cccc(Cl)c3)CC=C12. The summed E-state index contributed by atoms with van der Waals surface area (Å²) in [5.74, 6) is -1.40. The maximum Gasteiger partial charge on any atom is 0.254 e. The number of nitriles is 3. The Hall–Kier alpha value is -3.57. The Kier molecular flexibility index (Phi) is 6.00. The van der Waals surface area contributed by atoms with Gasteiger partial charge in [0, 0.05) is 40.0 Å². The topological polar surface area (TPSA) is 118 Å². The number of carbonyl (C=O) groups is 1. The maximum atomic E-state index is 13.2. The van der Waals surface area contributed by atoms with Gasteiger partial charge in [-0.25, -0.2) is 0 Å². The van der Waals surface area contributed by atoms with Crippen LogP contribution >= 0.6 is 27.5 Å². The molecule has 2 aromatic rings. The predicted octanol–water partition coefficient (Wildman–Crippen LogP) is 4.67. The average Bonchev–Trinajstić information content (AvgIpc) is 2.83. The van der Waals surface area contributed by atoms with Crippen LogP contribution in [-0.2, 0) is 0 Å². The van der Waals surface area contributed by atoms with Gasteiger partial charge in [0.05, 0.1) is 23.4 Å². The number of halogens is 2. The number of amides is 1. The van der Waals surface area contributed by atoms with Crippen LogP contribution in [0.1, 0.15) is 21.8 Å². The van der Waals surface area contributed by atoms with E-state index < -0.39 is 17.3 Å². The van der Waals surface area contributed by atoms with Crippen LogP contribution in [0.15, 0.2) is 75.9 Å². The molecule has 1 aliphatic carbocycles. The van der Waals surface area contributed by atoms with Crippen LogP contribution in [0, 0.1) is 45.3 Å². The highest BCUT2D eigenvalue weighted by atomic mass is 79.9. The number of nitrogens with two attached hydrogens (primary N) is 1. The lowest BCUT2D eigenvalue weighted by Crippen LogP contribution is -2.49. The van der Waals surface area contributed by atoms with Crippen molar-refractivity contribution in [1.29, 1.82) is 15.8 Å². The van der Waals surface area contributed by atoms with E-state index in [2.05, 4.69) is 34.1 Å². The summed E-state index contributed by atoms with van der Waals surface area (Å²) < 4.78 is 0.718. The standard InChI is InChI=1S/C25H17BrClN5O/c26-21-7-2-1-6-18(21)22-20-12-32(24(33)15-4-3-5-16(27)10-15)9-8-17(20)19(11-28)23(31)25(22,13-29)14-30/h1-8,10,20,22H,9,12,31H2. The molecule has 6 nitrogen and oxygen atoms in total. The van der Waals surface area contributed by atoms with Crippen molar-refractivity contribution < 1.29 is 4.79 Å². The fraction of sp³-hybridized carbons (Fsp3) is 0.200. The molecule has 0 saturated heterocycles. The Labute approximate surface area is 204 Å². The van der Waals surface area contributed by atoms with Crippen LogP contribution in [0.3, 0.4) is 0 Å². The van der Waals surface area contributed by atoms with Crippen molar-refractivity contribution in [2.24, 2.45) is 17.1 Å². The first kappa shape index (κ1) is 22.6. The zero-order valence-corrected chi connectivity index (χ0v) is 19.6. The number of hydrogen-bond acceptors (Lipinski definition) is 5. The van der Waals surface area contributed by atoms with Crippen LogP contribution < -0.4 is 5.73 Å². The highest BCUT2D eigenvalue weighted by Crippen LogP contribution is 2.55. The van der Waals surface area contributed by atoms with Crippen molar-refractivity contribution >= 4 is 33.4 Å². The summed E-state index contributed by atoms with van der Waals surface area (Å²) >= 11 is 9.62. The van der Waals surface area contributed by atoms with Crippen LogP contribution in [0.4, 0.5) is 0 Å². The third kappa shape index (κ3) is 3.58. The second kappa shape index (κ2) is 8.75. The van der Waals surface area contributed by atoms with Crippen LogP contribution in [0.5, 0.6) is 0 Å². The molecule has 2 aliphatic rings. The second-order valence-corrected chi connectivity index (χ2v) is 9.21. The molecule has 8 heteroatoms. The van der Waals surface area contributed by atoms with Crippen molar-refractivity contribution in [1.82, 2.24) is 4.90 Å². The smallest absolute Gasteiger partial charge is 0.254 e. The third-order valence-electron chi connectivity index (χ3n) is 6.26. The molecule has 2 aromatic carbocycles. The number of nitrogens with zero attached hydrogens (tertiary/aromatic N) is 4. The lowest BCUT2D eigenvalue weighted by Gasteiger charge is -2.45. The van der Waals surface area contributed by atoms with Gasteiger partial charge < -0.3 is 10.6 Å². The zero-order chi connectivity index (χ0) is 23.8. The lowest BCUT2D eigenvalue weighted by molar-refractivity contribution is 0.0728. The quantitative estimate of drug-likeness (QED) is 0.620. The molecule has 1 aliphatic heterocycles. The summed E-state index contributed by atoms with van der Waals surface area (Å²) in [6.45, 7) is 0.483. The van der Waals surface area contributed by atoms with Gasteiger partial charge in [-0.15, -0.1) is 0 Å². The zero-order valence-electron chi connectivity index (χ0n) is 17.3. The minimum Gasteiger partial charge on any atom is -0.399 e. The minimum absolute atomic E-state index is 0.0483. The summed E-state index contributed by atoms with van der Waals surface area (Å²) in [7, 11) is 0. The van der Waals surface area contributed by atoms with Crippen molar-refractivity contribution in [2.45, 2.75) is 5.92 Å². The number of allylic oxidation sites excluding steroid dienone is 2. The van der Waals surface area contributed by atoms with E-state index in [4.69, 9.17) is 17.3 Å². The van der Waals surface area contributed by atoms with Gasteiger partial charge in [0.1, 0.15) is 6.07 Å². The Bertz CT molecular complexity index is 1330. The molecule has 162 valence electrons. The van der Waals surface area contributed by atoms with E-state index in [0.29, 0.717) is 21.7 Å². The van der Waals surface area contributed by atoms with Crippen LogP contribution in [0.2, 0.25) is 5.02 Å². The molecular formula is C25H17BrClN5O. The van der Waals surface area contributed by atoms with Gasteiger partial charge in [0.25, 0.3) is 5.91 Å².